The highest BCUT2D eigenvalue weighted by atomic mass is 79.9. The van der Waals surface area contributed by atoms with Crippen molar-refractivity contribution in [2.45, 2.75) is 32.7 Å². The summed E-state index contributed by atoms with van der Waals surface area (Å²) in [6, 6.07) is 6.99. The van der Waals surface area contributed by atoms with E-state index in [0.717, 1.165) is 5.92 Å². The first-order valence-electron chi connectivity index (χ1n) is 6.82. The standard InChI is InChI=1S/C15H23BrN2/c1-11-4-3-7-18(10-11)15(9-17)13-6-5-12(2)14(16)8-13/h5-6,8,11,15H,3-4,7,9-10,17H2,1-2H3. The minimum atomic E-state index is 0.365. The molecule has 2 nitrogen and oxygen atoms in total. The first-order chi connectivity index (χ1) is 8.61. The van der Waals surface area contributed by atoms with Gasteiger partial charge in [-0.05, 0) is 49.4 Å². The van der Waals surface area contributed by atoms with Gasteiger partial charge in [0.15, 0.2) is 0 Å². The first kappa shape index (κ1) is 14.0. The molecule has 0 saturated carbocycles. The third-order valence-electron chi connectivity index (χ3n) is 3.93. The molecule has 2 rings (SSSR count). The van der Waals surface area contributed by atoms with Gasteiger partial charge in [0.2, 0.25) is 0 Å². The van der Waals surface area contributed by atoms with E-state index >= 15 is 0 Å². The summed E-state index contributed by atoms with van der Waals surface area (Å²) in [6.07, 6.45) is 2.65. The van der Waals surface area contributed by atoms with E-state index in [-0.39, 0.29) is 0 Å². The molecule has 1 fully saturated rings. The smallest absolute Gasteiger partial charge is 0.0470 e. The monoisotopic (exact) mass is 310 g/mol. The Morgan fingerprint density at radius 3 is 2.89 bits per heavy atom. The van der Waals surface area contributed by atoms with Crippen LogP contribution in [0.25, 0.3) is 0 Å². The zero-order valence-corrected chi connectivity index (χ0v) is 12.9. The lowest BCUT2D eigenvalue weighted by molar-refractivity contribution is 0.133. The normalized spacial score (nSPS) is 23.0. The summed E-state index contributed by atoms with van der Waals surface area (Å²) in [4.78, 5) is 2.55. The number of rotatable bonds is 3. The number of aryl methyl sites for hydroxylation is 1. The molecule has 3 heteroatoms. The molecule has 0 radical (unpaired) electrons. The zero-order chi connectivity index (χ0) is 13.1. The van der Waals surface area contributed by atoms with Crippen LogP contribution in [-0.4, -0.2) is 24.5 Å². The lowest BCUT2D eigenvalue weighted by Crippen LogP contribution is -2.40. The van der Waals surface area contributed by atoms with Crippen LogP contribution in [0.2, 0.25) is 0 Å². The average Bonchev–Trinajstić information content (AvgIpc) is 2.35. The van der Waals surface area contributed by atoms with E-state index in [9.17, 15) is 0 Å². The molecule has 2 atom stereocenters. The molecule has 1 aliphatic heterocycles. The SMILES string of the molecule is Cc1ccc(C(CN)N2CCCC(C)C2)cc1Br. The van der Waals surface area contributed by atoms with Gasteiger partial charge < -0.3 is 5.73 Å². The number of halogens is 1. The second-order valence-electron chi connectivity index (χ2n) is 5.50. The van der Waals surface area contributed by atoms with Crippen molar-refractivity contribution in [2.75, 3.05) is 19.6 Å². The van der Waals surface area contributed by atoms with Gasteiger partial charge in [-0.2, -0.15) is 0 Å². The summed E-state index contributed by atoms with van der Waals surface area (Å²) < 4.78 is 1.18. The van der Waals surface area contributed by atoms with Gasteiger partial charge in [0, 0.05) is 23.6 Å². The van der Waals surface area contributed by atoms with Crippen molar-refractivity contribution in [3.05, 3.63) is 33.8 Å². The van der Waals surface area contributed by atoms with E-state index in [2.05, 4.69) is 52.9 Å². The fourth-order valence-corrected chi connectivity index (χ4v) is 3.22. The van der Waals surface area contributed by atoms with Gasteiger partial charge in [0.05, 0.1) is 0 Å². The number of hydrogen-bond acceptors (Lipinski definition) is 2. The summed E-state index contributed by atoms with van der Waals surface area (Å²) in [6.45, 7) is 7.51. The maximum absolute atomic E-state index is 6.01. The summed E-state index contributed by atoms with van der Waals surface area (Å²) in [5.74, 6) is 0.793. The minimum absolute atomic E-state index is 0.365. The van der Waals surface area contributed by atoms with Crippen LogP contribution in [0.1, 0.15) is 36.9 Å². The molecular formula is C15H23BrN2. The van der Waals surface area contributed by atoms with Crippen molar-refractivity contribution in [3.8, 4) is 0 Å². The molecular weight excluding hydrogens is 288 g/mol. The molecule has 1 aliphatic rings. The van der Waals surface area contributed by atoms with Crippen LogP contribution in [-0.2, 0) is 0 Å². The van der Waals surface area contributed by atoms with Crippen molar-refractivity contribution in [1.82, 2.24) is 4.90 Å². The van der Waals surface area contributed by atoms with Crippen LogP contribution in [0, 0.1) is 12.8 Å². The number of likely N-dealkylation sites (tertiary alicyclic amines) is 1. The summed E-state index contributed by atoms with van der Waals surface area (Å²) >= 11 is 3.62. The van der Waals surface area contributed by atoms with Gasteiger partial charge in [-0.3, -0.25) is 4.90 Å². The molecule has 2 N–H and O–H groups in total. The van der Waals surface area contributed by atoms with E-state index in [0.29, 0.717) is 12.6 Å². The number of piperidine rings is 1. The Hall–Kier alpha value is -0.380. The molecule has 0 bridgehead atoms. The fourth-order valence-electron chi connectivity index (χ4n) is 2.82. The highest BCUT2D eigenvalue weighted by Gasteiger charge is 2.24. The highest BCUT2D eigenvalue weighted by molar-refractivity contribution is 9.10. The van der Waals surface area contributed by atoms with Crippen LogP contribution in [0.3, 0.4) is 0 Å². The fraction of sp³-hybridized carbons (Fsp3) is 0.600. The van der Waals surface area contributed by atoms with Crippen LogP contribution >= 0.6 is 15.9 Å². The molecule has 1 aromatic carbocycles. The molecule has 0 amide bonds. The second-order valence-corrected chi connectivity index (χ2v) is 6.36. The topological polar surface area (TPSA) is 29.3 Å². The highest BCUT2D eigenvalue weighted by Crippen LogP contribution is 2.28. The van der Waals surface area contributed by atoms with E-state index in [1.54, 1.807) is 0 Å². The number of hydrogen-bond donors (Lipinski definition) is 1. The maximum Gasteiger partial charge on any atom is 0.0470 e. The number of benzene rings is 1. The quantitative estimate of drug-likeness (QED) is 0.926. The molecule has 0 aliphatic carbocycles. The Morgan fingerprint density at radius 2 is 2.28 bits per heavy atom. The van der Waals surface area contributed by atoms with Gasteiger partial charge >= 0.3 is 0 Å². The molecule has 1 heterocycles. The molecule has 1 aromatic rings. The third-order valence-corrected chi connectivity index (χ3v) is 4.79. The molecule has 2 unspecified atom stereocenters. The van der Waals surface area contributed by atoms with Crippen molar-refractivity contribution in [3.63, 3.8) is 0 Å². The summed E-state index contributed by atoms with van der Waals surface area (Å²) in [5.41, 5.74) is 8.63. The van der Waals surface area contributed by atoms with Gasteiger partial charge in [-0.1, -0.05) is 35.0 Å². The molecule has 0 aromatic heterocycles. The van der Waals surface area contributed by atoms with Crippen LogP contribution in [0.5, 0.6) is 0 Å². The summed E-state index contributed by atoms with van der Waals surface area (Å²) in [7, 11) is 0. The molecule has 18 heavy (non-hydrogen) atoms. The predicted octanol–water partition coefficient (Wildman–Crippen LogP) is 3.49. The largest absolute Gasteiger partial charge is 0.329 e. The van der Waals surface area contributed by atoms with Gasteiger partial charge in [-0.15, -0.1) is 0 Å². The lowest BCUT2D eigenvalue weighted by atomic mass is 9.96. The Bertz CT molecular complexity index is 405. The minimum Gasteiger partial charge on any atom is -0.329 e. The van der Waals surface area contributed by atoms with Gasteiger partial charge in [0.25, 0.3) is 0 Å². The van der Waals surface area contributed by atoms with E-state index < -0.39 is 0 Å². The van der Waals surface area contributed by atoms with Crippen LogP contribution < -0.4 is 5.73 Å². The summed E-state index contributed by atoms with van der Waals surface area (Å²) in [5, 5.41) is 0. The first-order valence-corrected chi connectivity index (χ1v) is 7.61. The lowest BCUT2D eigenvalue weighted by Gasteiger charge is -2.37. The number of nitrogens with two attached hydrogens (primary N) is 1. The van der Waals surface area contributed by atoms with Crippen molar-refractivity contribution < 1.29 is 0 Å². The Balaban J connectivity index is 2.18. The van der Waals surface area contributed by atoms with Crippen molar-refractivity contribution in [1.29, 1.82) is 0 Å². The van der Waals surface area contributed by atoms with Gasteiger partial charge in [0.1, 0.15) is 0 Å². The van der Waals surface area contributed by atoms with Gasteiger partial charge in [-0.25, -0.2) is 0 Å². The Kier molecular flexibility index (Phi) is 4.82. The van der Waals surface area contributed by atoms with Crippen LogP contribution in [0.4, 0.5) is 0 Å². The third kappa shape index (κ3) is 3.14. The van der Waals surface area contributed by atoms with Crippen molar-refractivity contribution >= 4 is 15.9 Å². The van der Waals surface area contributed by atoms with Crippen molar-refractivity contribution in [2.24, 2.45) is 11.7 Å². The molecule has 0 spiro atoms. The molecule has 100 valence electrons. The Labute approximate surface area is 119 Å². The zero-order valence-electron chi connectivity index (χ0n) is 11.3. The Morgan fingerprint density at radius 1 is 1.50 bits per heavy atom. The van der Waals surface area contributed by atoms with E-state index in [1.165, 1.54) is 41.5 Å². The second kappa shape index (κ2) is 6.18. The predicted molar refractivity (Wildman–Crippen MR) is 80.6 cm³/mol. The van der Waals surface area contributed by atoms with E-state index in [1.807, 2.05) is 0 Å². The number of nitrogens with zero attached hydrogens (tertiary/aromatic N) is 1. The maximum atomic E-state index is 6.01. The average molecular weight is 311 g/mol. The molecule has 1 saturated heterocycles. The van der Waals surface area contributed by atoms with E-state index in [4.69, 9.17) is 5.73 Å². The van der Waals surface area contributed by atoms with Crippen LogP contribution in [0.15, 0.2) is 22.7 Å².